The first kappa shape index (κ1) is 30.6. The van der Waals surface area contributed by atoms with Crippen LogP contribution in [0.4, 0.5) is 5.69 Å². The van der Waals surface area contributed by atoms with E-state index in [0.29, 0.717) is 28.6 Å². The van der Waals surface area contributed by atoms with Gasteiger partial charge in [-0.05, 0) is 112 Å². The molecule has 42 heavy (non-hydrogen) atoms. The second kappa shape index (κ2) is 12.7. The topological polar surface area (TPSA) is 100 Å². The van der Waals surface area contributed by atoms with Crippen molar-refractivity contribution in [3.63, 3.8) is 0 Å². The molecule has 0 spiro atoms. The van der Waals surface area contributed by atoms with Crippen LogP contribution in [0.25, 0.3) is 0 Å². The lowest BCUT2D eigenvalue weighted by atomic mass is 9.79. The SMILES string of the molecule is COc1cc(NC(C)C(=O)c2ccc(OC(C)=O)cc2)c(C2CCc3cc(OC(=O)C(C)(C)C)ccc3C2)cc1OC. The van der Waals surface area contributed by atoms with E-state index in [1.165, 1.54) is 18.1 Å². The average molecular weight is 574 g/mol. The van der Waals surface area contributed by atoms with Crippen LogP contribution in [0.2, 0.25) is 0 Å². The summed E-state index contributed by atoms with van der Waals surface area (Å²) in [6.45, 7) is 8.66. The summed E-state index contributed by atoms with van der Waals surface area (Å²) in [4.78, 5) is 36.9. The Kier molecular flexibility index (Phi) is 9.24. The summed E-state index contributed by atoms with van der Waals surface area (Å²) in [5.41, 5.74) is 4.12. The summed E-state index contributed by atoms with van der Waals surface area (Å²) in [7, 11) is 3.19. The highest BCUT2D eigenvalue weighted by Crippen LogP contribution is 2.42. The number of ether oxygens (including phenoxy) is 4. The van der Waals surface area contributed by atoms with E-state index in [-0.39, 0.29) is 17.7 Å². The Bertz CT molecular complexity index is 1470. The summed E-state index contributed by atoms with van der Waals surface area (Å²) < 4.78 is 21.9. The van der Waals surface area contributed by atoms with Gasteiger partial charge in [0, 0.05) is 24.2 Å². The second-order valence-electron chi connectivity index (χ2n) is 11.7. The number of hydrogen-bond acceptors (Lipinski definition) is 8. The molecule has 222 valence electrons. The van der Waals surface area contributed by atoms with Crippen molar-refractivity contribution in [1.82, 2.24) is 0 Å². The maximum Gasteiger partial charge on any atom is 0.316 e. The van der Waals surface area contributed by atoms with Crippen molar-refractivity contribution < 1.29 is 33.3 Å². The third-order valence-corrected chi connectivity index (χ3v) is 7.39. The number of esters is 2. The smallest absolute Gasteiger partial charge is 0.316 e. The fourth-order valence-electron chi connectivity index (χ4n) is 5.08. The van der Waals surface area contributed by atoms with Gasteiger partial charge in [-0.2, -0.15) is 0 Å². The number of hydrogen-bond donors (Lipinski definition) is 1. The van der Waals surface area contributed by atoms with E-state index in [1.54, 1.807) is 38.5 Å². The van der Waals surface area contributed by atoms with Crippen molar-refractivity contribution in [2.24, 2.45) is 5.41 Å². The van der Waals surface area contributed by atoms with E-state index < -0.39 is 17.4 Å². The number of Topliss-reactive ketones (excluding diaryl/α,β-unsaturated/α-hetero) is 1. The van der Waals surface area contributed by atoms with Gasteiger partial charge in [-0.3, -0.25) is 14.4 Å². The van der Waals surface area contributed by atoms with Crippen molar-refractivity contribution in [1.29, 1.82) is 0 Å². The molecule has 0 fully saturated rings. The maximum absolute atomic E-state index is 13.3. The van der Waals surface area contributed by atoms with Crippen molar-refractivity contribution in [2.75, 3.05) is 19.5 Å². The zero-order valence-electron chi connectivity index (χ0n) is 25.3. The van der Waals surface area contributed by atoms with Crippen LogP contribution in [-0.2, 0) is 22.4 Å². The minimum Gasteiger partial charge on any atom is -0.493 e. The summed E-state index contributed by atoms with van der Waals surface area (Å²) >= 11 is 0. The first-order valence-electron chi connectivity index (χ1n) is 14.1. The predicted molar refractivity (Wildman–Crippen MR) is 161 cm³/mol. The van der Waals surface area contributed by atoms with Crippen molar-refractivity contribution in [3.05, 3.63) is 76.9 Å². The van der Waals surface area contributed by atoms with E-state index in [1.807, 2.05) is 58.0 Å². The van der Waals surface area contributed by atoms with Crippen LogP contribution in [0.3, 0.4) is 0 Å². The van der Waals surface area contributed by atoms with Gasteiger partial charge < -0.3 is 24.3 Å². The monoisotopic (exact) mass is 573 g/mol. The van der Waals surface area contributed by atoms with E-state index in [2.05, 4.69) is 5.32 Å². The lowest BCUT2D eigenvalue weighted by molar-refractivity contribution is -0.143. The molecule has 0 amide bonds. The number of benzene rings is 3. The summed E-state index contributed by atoms with van der Waals surface area (Å²) in [5.74, 6) is 1.52. The lowest BCUT2D eigenvalue weighted by Gasteiger charge is -2.29. The quantitative estimate of drug-likeness (QED) is 0.175. The van der Waals surface area contributed by atoms with Crippen molar-refractivity contribution in [3.8, 4) is 23.0 Å². The van der Waals surface area contributed by atoms with Crippen LogP contribution in [0.15, 0.2) is 54.6 Å². The summed E-state index contributed by atoms with van der Waals surface area (Å²) in [6, 6.07) is 15.7. The molecule has 0 radical (unpaired) electrons. The Balaban J connectivity index is 1.57. The largest absolute Gasteiger partial charge is 0.493 e. The molecule has 0 saturated carbocycles. The Labute approximate surface area is 247 Å². The van der Waals surface area contributed by atoms with E-state index in [0.717, 1.165) is 30.5 Å². The van der Waals surface area contributed by atoms with Gasteiger partial charge in [-0.25, -0.2) is 0 Å². The molecule has 8 heteroatoms. The van der Waals surface area contributed by atoms with Crippen LogP contribution in [0.1, 0.15) is 74.0 Å². The number of aryl methyl sites for hydroxylation is 1. The standard InChI is InChI=1S/C34H39NO7/c1-20(32(37)22-10-13-26(14-11-22)41-21(2)36)35-29-19-31(40-7)30(39-6)18-28(29)25-9-8-24-17-27(15-12-23(24)16-25)42-33(38)34(3,4)5/h10-15,17-20,25,35H,8-9,16H2,1-7H3. The van der Waals surface area contributed by atoms with Crippen molar-refractivity contribution >= 4 is 23.4 Å². The highest BCUT2D eigenvalue weighted by Gasteiger charge is 2.28. The molecule has 8 nitrogen and oxygen atoms in total. The molecule has 0 bridgehead atoms. The highest BCUT2D eigenvalue weighted by molar-refractivity contribution is 6.01. The average Bonchev–Trinajstić information content (AvgIpc) is 2.95. The van der Waals surface area contributed by atoms with Crippen LogP contribution in [0.5, 0.6) is 23.0 Å². The summed E-state index contributed by atoms with van der Waals surface area (Å²) in [5, 5.41) is 3.42. The van der Waals surface area contributed by atoms with E-state index in [9.17, 15) is 14.4 Å². The number of rotatable bonds is 9. The number of carbonyl (C=O) groups excluding carboxylic acids is 3. The first-order valence-corrected chi connectivity index (χ1v) is 14.1. The number of methoxy groups -OCH3 is 2. The van der Waals surface area contributed by atoms with Crippen LogP contribution < -0.4 is 24.3 Å². The zero-order chi connectivity index (χ0) is 30.6. The third-order valence-electron chi connectivity index (χ3n) is 7.39. The van der Waals surface area contributed by atoms with Gasteiger partial charge in [0.25, 0.3) is 0 Å². The molecule has 3 aromatic rings. The fourth-order valence-corrected chi connectivity index (χ4v) is 5.08. The molecular weight excluding hydrogens is 534 g/mol. The number of fused-ring (bicyclic) bond motifs is 1. The Hall–Kier alpha value is -4.33. The Morgan fingerprint density at radius 2 is 1.50 bits per heavy atom. The summed E-state index contributed by atoms with van der Waals surface area (Å²) in [6.07, 6.45) is 2.47. The molecule has 0 aromatic heterocycles. The molecule has 0 aliphatic heterocycles. The van der Waals surface area contributed by atoms with Gasteiger partial charge in [0.15, 0.2) is 17.3 Å². The molecule has 1 N–H and O–H groups in total. The van der Waals surface area contributed by atoms with Crippen LogP contribution in [0, 0.1) is 5.41 Å². The molecule has 4 rings (SSSR count). The van der Waals surface area contributed by atoms with Gasteiger partial charge in [0.1, 0.15) is 11.5 Å². The zero-order valence-corrected chi connectivity index (χ0v) is 25.3. The van der Waals surface area contributed by atoms with E-state index >= 15 is 0 Å². The first-order chi connectivity index (χ1) is 19.9. The van der Waals surface area contributed by atoms with Gasteiger partial charge in [0.2, 0.25) is 0 Å². The lowest BCUT2D eigenvalue weighted by Crippen LogP contribution is -2.27. The highest BCUT2D eigenvalue weighted by atomic mass is 16.5. The van der Waals surface area contributed by atoms with Crippen LogP contribution in [-0.4, -0.2) is 38.0 Å². The van der Waals surface area contributed by atoms with Gasteiger partial charge >= 0.3 is 11.9 Å². The number of carbonyl (C=O) groups is 3. The molecule has 3 aromatic carbocycles. The molecule has 2 atom stereocenters. The van der Waals surface area contributed by atoms with Gasteiger partial charge in [-0.15, -0.1) is 0 Å². The maximum atomic E-state index is 13.3. The van der Waals surface area contributed by atoms with Gasteiger partial charge in [0.05, 0.1) is 25.7 Å². The second-order valence-corrected chi connectivity index (χ2v) is 11.7. The molecule has 0 saturated heterocycles. The Morgan fingerprint density at radius 1 is 0.857 bits per heavy atom. The number of anilines is 1. The molecule has 2 unspecified atom stereocenters. The Morgan fingerprint density at radius 3 is 2.12 bits per heavy atom. The fraction of sp³-hybridized carbons (Fsp3) is 0.382. The predicted octanol–water partition coefficient (Wildman–Crippen LogP) is 6.54. The minimum absolute atomic E-state index is 0.101. The molecule has 0 heterocycles. The molecule has 1 aliphatic rings. The molecular formula is C34H39NO7. The van der Waals surface area contributed by atoms with Crippen LogP contribution >= 0.6 is 0 Å². The van der Waals surface area contributed by atoms with Crippen molar-refractivity contribution in [2.45, 2.75) is 65.8 Å². The number of ketones is 1. The van der Waals surface area contributed by atoms with E-state index in [4.69, 9.17) is 18.9 Å². The third kappa shape index (κ3) is 7.11. The minimum atomic E-state index is -0.580. The molecule has 1 aliphatic carbocycles. The normalized spacial score (nSPS) is 15.2. The van der Waals surface area contributed by atoms with Gasteiger partial charge in [-0.1, -0.05) is 6.07 Å². The number of nitrogens with one attached hydrogen (secondary N) is 1.